The molecule has 0 radical (unpaired) electrons. The highest BCUT2D eigenvalue weighted by molar-refractivity contribution is 5.93. The molecule has 0 fully saturated rings. The minimum Gasteiger partial charge on any atom is -0.443 e. The topological polar surface area (TPSA) is 58.4 Å². The van der Waals surface area contributed by atoms with Crippen molar-refractivity contribution in [3.05, 3.63) is 54.4 Å². The number of nitrogens with one attached hydrogen (secondary N) is 1. The van der Waals surface area contributed by atoms with Crippen molar-refractivity contribution in [2.24, 2.45) is 0 Å². The Morgan fingerprint density at radius 1 is 1.29 bits per heavy atom. The summed E-state index contributed by atoms with van der Waals surface area (Å²) in [6.07, 6.45) is 2.31. The molecule has 122 valence electrons. The largest absolute Gasteiger partial charge is 0.443 e. The van der Waals surface area contributed by atoms with Gasteiger partial charge in [-0.2, -0.15) is 0 Å². The van der Waals surface area contributed by atoms with Crippen LogP contribution in [0, 0.1) is 0 Å². The third-order valence-corrected chi connectivity index (χ3v) is 4.60. The van der Waals surface area contributed by atoms with E-state index in [4.69, 9.17) is 4.42 Å². The van der Waals surface area contributed by atoms with Crippen molar-refractivity contribution in [1.29, 1.82) is 0 Å². The van der Waals surface area contributed by atoms with Gasteiger partial charge < -0.3 is 14.6 Å². The molecule has 4 rings (SSSR count). The van der Waals surface area contributed by atoms with E-state index in [-0.39, 0.29) is 18.0 Å². The number of benzene rings is 2. The molecule has 5 heteroatoms. The Morgan fingerprint density at radius 3 is 2.96 bits per heavy atom. The molecular weight excluding hydrogens is 302 g/mol. The quantitative estimate of drug-likeness (QED) is 0.771. The molecule has 5 nitrogen and oxygen atoms in total. The van der Waals surface area contributed by atoms with Crippen LogP contribution >= 0.6 is 0 Å². The number of hydrogen-bond donors (Lipinski definition) is 1. The van der Waals surface area contributed by atoms with Crippen molar-refractivity contribution >= 4 is 28.4 Å². The predicted octanol–water partition coefficient (Wildman–Crippen LogP) is 4.13. The minimum atomic E-state index is 0.0809. The lowest BCUT2D eigenvalue weighted by Gasteiger charge is -2.39. The number of hydrogen-bond acceptors (Lipinski definition) is 4. The van der Waals surface area contributed by atoms with Crippen LogP contribution in [-0.4, -0.2) is 16.9 Å². The third kappa shape index (κ3) is 2.42. The van der Waals surface area contributed by atoms with Gasteiger partial charge in [0, 0.05) is 24.3 Å². The summed E-state index contributed by atoms with van der Waals surface area (Å²) in [5.74, 6) is 0.0809. The Balaban J connectivity index is 1.70. The van der Waals surface area contributed by atoms with E-state index in [0.29, 0.717) is 0 Å². The summed E-state index contributed by atoms with van der Waals surface area (Å²) in [7, 11) is 0. The average Bonchev–Trinajstić information content (AvgIpc) is 3.02. The lowest BCUT2D eigenvalue weighted by Crippen LogP contribution is -2.43. The Kier molecular flexibility index (Phi) is 3.49. The van der Waals surface area contributed by atoms with E-state index in [1.165, 1.54) is 6.39 Å². The number of carbonyl (C=O) groups excluding carboxylic acids is 1. The molecule has 1 aliphatic heterocycles. The van der Waals surface area contributed by atoms with Gasteiger partial charge in [0.1, 0.15) is 5.52 Å². The molecule has 0 bridgehead atoms. The fourth-order valence-electron chi connectivity index (χ4n) is 3.58. The minimum absolute atomic E-state index is 0.0809. The Bertz CT molecular complexity index is 902. The zero-order chi connectivity index (χ0) is 16.7. The van der Waals surface area contributed by atoms with Gasteiger partial charge in [-0.05, 0) is 43.2 Å². The van der Waals surface area contributed by atoms with Crippen LogP contribution in [0.5, 0.6) is 0 Å². The Labute approximate surface area is 140 Å². The van der Waals surface area contributed by atoms with Gasteiger partial charge >= 0.3 is 0 Å². The monoisotopic (exact) mass is 321 g/mol. The molecule has 0 saturated heterocycles. The zero-order valence-corrected chi connectivity index (χ0v) is 13.7. The van der Waals surface area contributed by atoms with Crippen LogP contribution in [0.15, 0.2) is 53.3 Å². The lowest BCUT2D eigenvalue weighted by atomic mass is 9.91. The molecule has 2 aromatic carbocycles. The standard InChI is InChI=1S/C19H19N3O2/c1-12-9-16(15-5-3-4-6-18(15)22(12)13(2)23)21-14-7-8-19-17(10-14)20-11-24-19/h3-8,10-12,16,21H,9H2,1-2H3. The summed E-state index contributed by atoms with van der Waals surface area (Å²) >= 11 is 0. The van der Waals surface area contributed by atoms with Crippen molar-refractivity contribution in [1.82, 2.24) is 4.98 Å². The highest BCUT2D eigenvalue weighted by Gasteiger charge is 2.32. The number of anilines is 2. The molecule has 1 N–H and O–H groups in total. The van der Waals surface area contributed by atoms with Gasteiger partial charge in [-0.15, -0.1) is 0 Å². The van der Waals surface area contributed by atoms with Crippen molar-refractivity contribution in [3.63, 3.8) is 0 Å². The maximum absolute atomic E-state index is 12.0. The summed E-state index contributed by atoms with van der Waals surface area (Å²) in [5, 5.41) is 3.59. The molecule has 3 aromatic rings. The number of amides is 1. The average molecular weight is 321 g/mol. The van der Waals surface area contributed by atoms with E-state index < -0.39 is 0 Å². The first-order valence-electron chi connectivity index (χ1n) is 8.12. The molecule has 1 aromatic heterocycles. The number of rotatable bonds is 2. The van der Waals surface area contributed by atoms with Crippen LogP contribution in [0.2, 0.25) is 0 Å². The summed E-state index contributed by atoms with van der Waals surface area (Å²) in [6, 6.07) is 14.3. The van der Waals surface area contributed by atoms with E-state index in [0.717, 1.165) is 34.5 Å². The van der Waals surface area contributed by atoms with E-state index >= 15 is 0 Å². The van der Waals surface area contributed by atoms with E-state index in [2.05, 4.69) is 23.3 Å². The fraction of sp³-hybridized carbons (Fsp3) is 0.263. The number of para-hydroxylation sites is 1. The second kappa shape index (κ2) is 5.67. The normalized spacial score (nSPS) is 20.0. The molecule has 0 aliphatic carbocycles. The van der Waals surface area contributed by atoms with Gasteiger partial charge in [0.05, 0.1) is 6.04 Å². The highest BCUT2D eigenvalue weighted by atomic mass is 16.3. The van der Waals surface area contributed by atoms with Gasteiger partial charge in [-0.3, -0.25) is 4.79 Å². The number of oxazole rings is 1. The van der Waals surface area contributed by atoms with Gasteiger partial charge in [-0.1, -0.05) is 18.2 Å². The number of fused-ring (bicyclic) bond motifs is 2. The highest BCUT2D eigenvalue weighted by Crippen LogP contribution is 2.39. The van der Waals surface area contributed by atoms with Crippen molar-refractivity contribution in [2.75, 3.05) is 10.2 Å². The van der Waals surface area contributed by atoms with Crippen LogP contribution in [0.4, 0.5) is 11.4 Å². The van der Waals surface area contributed by atoms with Crippen molar-refractivity contribution < 1.29 is 9.21 Å². The first-order valence-corrected chi connectivity index (χ1v) is 8.12. The summed E-state index contributed by atoms with van der Waals surface area (Å²) in [4.78, 5) is 18.1. The SMILES string of the molecule is CC(=O)N1c2ccccc2C(Nc2ccc3ocnc3c2)CC1C. The second-order valence-electron chi connectivity index (χ2n) is 6.26. The third-order valence-electron chi connectivity index (χ3n) is 4.60. The Morgan fingerprint density at radius 2 is 2.12 bits per heavy atom. The maximum atomic E-state index is 12.0. The Hall–Kier alpha value is -2.82. The fourth-order valence-corrected chi connectivity index (χ4v) is 3.58. The maximum Gasteiger partial charge on any atom is 0.224 e. The first kappa shape index (κ1) is 14.8. The second-order valence-corrected chi connectivity index (χ2v) is 6.26. The molecule has 1 amide bonds. The lowest BCUT2D eigenvalue weighted by molar-refractivity contribution is -0.117. The molecule has 24 heavy (non-hydrogen) atoms. The molecule has 0 spiro atoms. The first-order chi connectivity index (χ1) is 11.6. The van der Waals surface area contributed by atoms with Gasteiger partial charge in [0.25, 0.3) is 0 Å². The number of carbonyl (C=O) groups is 1. The van der Waals surface area contributed by atoms with E-state index in [1.807, 2.05) is 41.3 Å². The van der Waals surface area contributed by atoms with E-state index in [1.54, 1.807) is 6.92 Å². The molecule has 2 atom stereocenters. The smallest absolute Gasteiger partial charge is 0.224 e. The van der Waals surface area contributed by atoms with Crippen molar-refractivity contribution in [2.45, 2.75) is 32.4 Å². The van der Waals surface area contributed by atoms with Crippen LogP contribution in [0.1, 0.15) is 31.9 Å². The molecule has 2 heterocycles. The predicted molar refractivity (Wildman–Crippen MR) is 94.1 cm³/mol. The van der Waals surface area contributed by atoms with Gasteiger partial charge in [0.15, 0.2) is 12.0 Å². The van der Waals surface area contributed by atoms with Gasteiger partial charge in [0.2, 0.25) is 5.91 Å². The van der Waals surface area contributed by atoms with E-state index in [9.17, 15) is 4.79 Å². The van der Waals surface area contributed by atoms with Gasteiger partial charge in [-0.25, -0.2) is 4.98 Å². The summed E-state index contributed by atoms with van der Waals surface area (Å²) in [5.41, 5.74) is 4.75. The summed E-state index contributed by atoms with van der Waals surface area (Å²) in [6.45, 7) is 3.71. The number of aromatic nitrogens is 1. The molecule has 2 unspecified atom stereocenters. The molecular formula is C19H19N3O2. The zero-order valence-electron chi connectivity index (χ0n) is 13.7. The van der Waals surface area contributed by atoms with Crippen LogP contribution in [-0.2, 0) is 4.79 Å². The number of nitrogens with zero attached hydrogens (tertiary/aromatic N) is 2. The summed E-state index contributed by atoms with van der Waals surface area (Å²) < 4.78 is 5.29. The van der Waals surface area contributed by atoms with Crippen LogP contribution in [0.3, 0.4) is 0 Å². The molecule has 1 aliphatic rings. The molecule has 0 saturated carbocycles. The van der Waals surface area contributed by atoms with Crippen LogP contribution < -0.4 is 10.2 Å². The van der Waals surface area contributed by atoms with Crippen molar-refractivity contribution in [3.8, 4) is 0 Å². The van der Waals surface area contributed by atoms with Crippen LogP contribution in [0.25, 0.3) is 11.1 Å².